The van der Waals surface area contributed by atoms with Crippen LogP contribution in [0.15, 0.2) is 0 Å². The highest BCUT2D eigenvalue weighted by Crippen LogP contribution is 2.06. The molecule has 0 aromatic carbocycles. The van der Waals surface area contributed by atoms with E-state index < -0.39 is 24.7 Å². The van der Waals surface area contributed by atoms with Crippen molar-refractivity contribution >= 4 is 6.09 Å². The first-order valence-corrected chi connectivity index (χ1v) is 6.27. The third kappa shape index (κ3) is 13.3. The van der Waals surface area contributed by atoms with Crippen LogP contribution < -0.4 is 10.6 Å². The second-order valence-electron chi connectivity index (χ2n) is 5.20. The molecule has 0 aliphatic carbocycles. The lowest BCUT2D eigenvalue weighted by molar-refractivity contribution is 0.0182. The number of nitrogens with one attached hydrogen (secondary N) is 2. The van der Waals surface area contributed by atoms with Crippen LogP contribution in [-0.4, -0.2) is 50.5 Å². The summed E-state index contributed by atoms with van der Waals surface area (Å²) < 4.78 is 33.3. The van der Waals surface area contributed by atoms with E-state index in [1.54, 1.807) is 20.8 Å². The molecule has 0 radical (unpaired) electrons. The summed E-state index contributed by atoms with van der Waals surface area (Å²) >= 11 is 0. The third-order valence-electron chi connectivity index (χ3n) is 1.93. The van der Waals surface area contributed by atoms with Gasteiger partial charge in [0.1, 0.15) is 12.2 Å². The fourth-order valence-corrected chi connectivity index (χ4v) is 1.17. The SMILES string of the molecule is CC(CNC(=O)OC(C)(C)C)NCCOCC(F)F. The molecule has 0 heterocycles. The van der Waals surface area contributed by atoms with Gasteiger partial charge in [0, 0.05) is 19.1 Å². The molecule has 0 saturated heterocycles. The molecule has 0 bridgehead atoms. The Morgan fingerprint density at radius 2 is 1.95 bits per heavy atom. The number of ether oxygens (including phenoxy) is 2. The lowest BCUT2D eigenvalue weighted by atomic mass is 10.2. The van der Waals surface area contributed by atoms with Crippen molar-refractivity contribution in [2.45, 2.75) is 45.8 Å². The van der Waals surface area contributed by atoms with E-state index in [9.17, 15) is 13.6 Å². The van der Waals surface area contributed by atoms with Crippen molar-refractivity contribution in [1.29, 1.82) is 0 Å². The molecule has 1 amide bonds. The summed E-state index contributed by atoms with van der Waals surface area (Å²) in [6.45, 7) is 7.73. The molecule has 1 atom stereocenters. The van der Waals surface area contributed by atoms with Gasteiger partial charge in [-0.2, -0.15) is 0 Å². The standard InChI is InChI=1S/C12H24F2N2O3/c1-9(15-5-6-18-8-10(13)14)7-16-11(17)19-12(2,3)4/h9-10,15H,5-8H2,1-4H3,(H,16,17). The summed E-state index contributed by atoms with van der Waals surface area (Å²) in [4.78, 5) is 11.3. The minimum absolute atomic E-state index is 0.00247. The van der Waals surface area contributed by atoms with Crippen LogP contribution >= 0.6 is 0 Å². The van der Waals surface area contributed by atoms with Gasteiger partial charge < -0.3 is 20.1 Å². The van der Waals surface area contributed by atoms with Crippen LogP contribution in [0.25, 0.3) is 0 Å². The second-order valence-corrected chi connectivity index (χ2v) is 5.20. The number of alkyl carbamates (subject to hydrolysis) is 1. The maximum absolute atomic E-state index is 11.8. The van der Waals surface area contributed by atoms with Crippen molar-refractivity contribution in [3.8, 4) is 0 Å². The monoisotopic (exact) mass is 282 g/mol. The number of halogens is 2. The maximum atomic E-state index is 11.8. The van der Waals surface area contributed by atoms with Gasteiger partial charge in [0.15, 0.2) is 0 Å². The summed E-state index contributed by atoms with van der Waals surface area (Å²) in [5.74, 6) is 0. The summed E-state index contributed by atoms with van der Waals surface area (Å²) in [6.07, 6.45) is -2.92. The van der Waals surface area contributed by atoms with E-state index in [0.717, 1.165) is 0 Å². The van der Waals surface area contributed by atoms with Gasteiger partial charge in [0.2, 0.25) is 0 Å². The number of hydrogen-bond donors (Lipinski definition) is 2. The molecule has 114 valence electrons. The molecular formula is C12H24F2N2O3. The molecule has 2 N–H and O–H groups in total. The minimum Gasteiger partial charge on any atom is -0.444 e. The topological polar surface area (TPSA) is 59.6 Å². The maximum Gasteiger partial charge on any atom is 0.407 e. The fourth-order valence-electron chi connectivity index (χ4n) is 1.17. The summed E-state index contributed by atoms with van der Waals surface area (Å²) in [5.41, 5.74) is -0.524. The van der Waals surface area contributed by atoms with Crippen molar-refractivity contribution in [3.63, 3.8) is 0 Å². The van der Waals surface area contributed by atoms with Gasteiger partial charge in [0.25, 0.3) is 6.43 Å². The Morgan fingerprint density at radius 3 is 2.47 bits per heavy atom. The van der Waals surface area contributed by atoms with Crippen LogP contribution in [0.2, 0.25) is 0 Å². The van der Waals surface area contributed by atoms with E-state index in [2.05, 4.69) is 10.6 Å². The van der Waals surface area contributed by atoms with Crippen LogP contribution in [0.1, 0.15) is 27.7 Å². The minimum atomic E-state index is -2.44. The highest BCUT2D eigenvalue weighted by molar-refractivity contribution is 5.67. The van der Waals surface area contributed by atoms with Crippen LogP contribution in [-0.2, 0) is 9.47 Å². The molecule has 0 aromatic rings. The molecule has 0 rings (SSSR count). The zero-order valence-corrected chi connectivity index (χ0v) is 12.0. The normalized spacial score (nSPS) is 13.4. The quantitative estimate of drug-likeness (QED) is 0.666. The Hall–Kier alpha value is -0.950. The first-order valence-electron chi connectivity index (χ1n) is 6.27. The van der Waals surface area contributed by atoms with E-state index >= 15 is 0 Å². The Kier molecular flexibility index (Phi) is 8.58. The van der Waals surface area contributed by atoms with E-state index in [1.807, 2.05) is 6.92 Å². The zero-order valence-electron chi connectivity index (χ0n) is 12.0. The lowest BCUT2D eigenvalue weighted by Gasteiger charge is -2.21. The molecule has 0 aliphatic heterocycles. The molecule has 19 heavy (non-hydrogen) atoms. The van der Waals surface area contributed by atoms with Crippen molar-refractivity contribution < 1.29 is 23.0 Å². The van der Waals surface area contributed by atoms with Crippen LogP contribution in [0, 0.1) is 0 Å². The van der Waals surface area contributed by atoms with Gasteiger partial charge in [-0.15, -0.1) is 0 Å². The number of amides is 1. The smallest absolute Gasteiger partial charge is 0.407 e. The van der Waals surface area contributed by atoms with E-state index in [0.29, 0.717) is 13.1 Å². The predicted molar refractivity (Wildman–Crippen MR) is 68.5 cm³/mol. The van der Waals surface area contributed by atoms with E-state index in [4.69, 9.17) is 9.47 Å². The molecule has 7 heteroatoms. The van der Waals surface area contributed by atoms with Gasteiger partial charge in [-0.25, -0.2) is 13.6 Å². The first-order chi connectivity index (χ1) is 8.70. The van der Waals surface area contributed by atoms with Crippen molar-refractivity contribution in [1.82, 2.24) is 10.6 Å². The number of alkyl halides is 2. The van der Waals surface area contributed by atoms with Gasteiger partial charge in [0.05, 0.1) is 6.61 Å². The molecule has 0 aromatic heterocycles. The van der Waals surface area contributed by atoms with Gasteiger partial charge in [-0.05, 0) is 27.7 Å². The average molecular weight is 282 g/mol. The molecule has 0 spiro atoms. The first kappa shape index (κ1) is 18.0. The average Bonchev–Trinajstić information content (AvgIpc) is 2.23. The van der Waals surface area contributed by atoms with Gasteiger partial charge in [-0.3, -0.25) is 0 Å². The molecule has 0 fully saturated rings. The van der Waals surface area contributed by atoms with Crippen molar-refractivity contribution in [2.75, 3.05) is 26.3 Å². The lowest BCUT2D eigenvalue weighted by Crippen LogP contribution is -2.42. The van der Waals surface area contributed by atoms with Crippen molar-refractivity contribution in [3.05, 3.63) is 0 Å². The number of carbonyl (C=O) groups is 1. The summed E-state index contributed by atoms with van der Waals surface area (Å²) in [6, 6.07) is 0.00247. The highest BCUT2D eigenvalue weighted by atomic mass is 19.3. The second kappa shape index (κ2) is 9.03. The van der Waals surface area contributed by atoms with E-state index in [1.165, 1.54) is 0 Å². The van der Waals surface area contributed by atoms with E-state index in [-0.39, 0.29) is 12.6 Å². The molecule has 0 saturated carbocycles. The van der Waals surface area contributed by atoms with Crippen LogP contribution in [0.4, 0.5) is 13.6 Å². The summed E-state index contributed by atoms with van der Waals surface area (Å²) in [5, 5.41) is 5.65. The number of hydrogen-bond acceptors (Lipinski definition) is 4. The Bertz CT molecular complexity index is 258. The molecular weight excluding hydrogens is 258 g/mol. The Morgan fingerprint density at radius 1 is 1.32 bits per heavy atom. The fraction of sp³-hybridized carbons (Fsp3) is 0.917. The van der Waals surface area contributed by atoms with Gasteiger partial charge >= 0.3 is 6.09 Å². The number of carbonyl (C=O) groups excluding carboxylic acids is 1. The number of rotatable bonds is 8. The molecule has 5 nitrogen and oxygen atoms in total. The van der Waals surface area contributed by atoms with Crippen LogP contribution in [0.3, 0.4) is 0 Å². The highest BCUT2D eigenvalue weighted by Gasteiger charge is 2.16. The van der Waals surface area contributed by atoms with Gasteiger partial charge in [-0.1, -0.05) is 0 Å². The summed E-state index contributed by atoms with van der Waals surface area (Å²) in [7, 11) is 0. The largest absolute Gasteiger partial charge is 0.444 e. The third-order valence-corrected chi connectivity index (χ3v) is 1.93. The zero-order chi connectivity index (χ0) is 14.9. The van der Waals surface area contributed by atoms with Crippen molar-refractivity contribution in [2.24, 2.45) is 0 Å². The Labute approximate surface area is 113 Å². The van der Waals surface area contributed by atoms with Crippen LogP contribution in [0.5, 0.6) is 0 Å². The molecule has 1 unspecified atom stereocenters. The predicted octanol–water partition coefficient (Wildman–Crippen LogP) is 1.77. The molecule has 0 aliphatic rings. The Balaban J connectivity index is 3.54.